The van der Waals surface area contributed by atoms with Crippen LogP contribution in [0.2, 0.25) is 0 Å². The van der Waals surface area contributed by atoms with E-state index in [4.69, 9.17) is 5.11 Å². The normalized spacial score (nSPS) is 16.3. The van der Waals surface area contributed by atoms with Crippen LogP contribution in [-0.2, 0) is 15.6 Å². The zero-order valence-electron chi connectivity index (χ0n) is 9.37. The molecule has 0 aliphatic carbocycles. The van der Waals surface area contributed by atoms with Crippen molar-refractivity contribution in [3.8, 4) is 0 Å². The second kappa shape index (κ2) is 5.49. The summed E-state index contributed by atoms with van der Waals surface area (Å²) in [6.07, 6.45) is 2.26. The lowest BCUT2D eigenvalue weighted by atomic mass is 10.2. The summed E-state index contributed by atoms with van der Waals surface area (Å²) < 4.78 is 11.4. The molecule has 0 rings (SSSR count). The number of hydrogen-bond donors (Lipinski definition) is 1. The molecule has 0 heterocycles. The van der Waals surface area contributed by atoms with Crippen molar-refractivity contribution in [2.75, 3.05) is 0 Å². The molecule has 0 fully saturated rings. The summed E-state index contributed by atoms with van der Waals surface area (Å²) in [5.41, 5.74) is 0. The second-order valence-corrected chi connectivity index (χ2v) is 6.77. The number of carboxylic acids is 1. The maximum atomic E-state index is 11.8. The monoisotopic (exact) mass is 220 g/mol. The van der Waals surface area contributed by atoms with Crippen LogP contribution in [0.5, 0.6) is 0 Å². The van der Waals surface area contributed by atoms with Crippen LogP contribution in [0, 0.1) is 0 Å². The number of hydrogen-bond acceptors (Lipinski definition) is 2. The first-order valence-electron chi connectivity index (χ1n) is 4.94. The van der Waals surface area contributed by atoms with E-state index < -0.39 is 26.8 Å². The largest absolute Gasteiger partial charge is 0.480 e. The van der Waals surface area contributed by atoms with Gasteiger partial charge in [0.05, 0.1) is 0 Å². The van der Waals surface area contributed by atoms with Gasteiger partial charge in [0.2, 0.25) is 0 Å². The van der Waals surface area contributed by atoms with Crippen LogP contribution in [0.4, 0.5) is 0 Å². The van der Waals surface area contributed by atoms with Gasteiger partial charge in [-0.1, -0.05) is 19.8 Å². The molecule has 0 aromatic heterocycles. The van der Waals surface area contributed by atoms with Gasteiger partial charge in [-0.25, -0.2) is 0 Å². The van der Waals surface area contributed by atoms with Crippen molar-refractivity contribution in [2.45, 2.75) is 57.0 Å². The van der Waals surface area contributed by atoms with Gasteiger partial charge in [0.25, 0.3) is 0 Å². The Hall–Kier alpha value is -0.380. The van der Waals surface area contributed by atoms with E-state index in [0.717, 1.165) is 12.8 Å². The number of carboxylic acid groups (broad SMARTS) is 1. The Balaban J connectivity index is 4.50. The lowest BCUT2D eigenvalue weighted by Gasteiger charge is -2.22. The molecule has 3 nitrogen and oxygen atoms in total. The lowest BCUT2D eigenvalue weighted by molar-refractivity contribution is -0.136. The zero-order valence-corrected chi connectivity index (χ0v) is 10.2. The van der Waals surface area contributed by atoms with Gasteiger partial charge in [-0.3, -0.25) is 9.00 Å². The van der Waals surface area contributed by atoms with E-state index in [0.29, 0.717) is 6.42 Å². The van der Waals surface area contributed by atoms with E-state index in [9.17, 15) is 9.00 Å². The minimum absolute atomic E-state index is 0.448. The molecule has 0 amide bonds. The number of aliphatic carboxylic acids is 1. The molecule has 0 saturated heterocycles. The number of unbranched alkanes of at least 4 members (excludes halogenated alkanes) is 1. The molecule has 14 heavy (non-hydrogen) atoms. The summed E-state index contributed by atoms with van der Waals surface area (Å²) in [6, 6.07) is 0. The molecule has 84 valence electrons. The third-order valence-electron chi connectivity index (χ3n) is 1.96. The summed E-state index contributed by atoms with van der Waals surface area (Å²) in [7, 11) is -1.31. The van der Waals surface area contributed by atoms with Crippen LogP contribution in [0.25, 0.3) is 0 Å². The van der Waals surface area contributed by atoms with Gasteiger partial charge in [-0.2, -0.15) is 0 Å². The average molecular weight is 220 g/mol. The first-order valence-corrected chi connectivity index (χ1v) is 6.15. The third kappa shape index (κ3) is 4.22. The topological polar surface area (TPSA) is 54.4 Å². The standard InChI is InChI=1S/C10H20O3S/c1-5-6-7-8(9(11)12)14(13)10(2,3)4/h8H,5-7H2,1-4H3,(H,11,12). The molecule has 2 unspecified atom stereocenters. The fourth-order valence-corrected chi connectivity index (χ4v) is 2.56. The van der Waals surface area contributed by atoms with E-state index >= 15 is 0 Å². The van der Waals surface area contributed by atoms with Crippen molar-refractivity contribution in [3.05, 3.63) is 0 Å². The third-order valence-corrected chi connectivity index (χ3v) is 4.12. The number of rotatable bonds is 5. The van der Waals surface area contributed by atoms with Crippen molar-refractivity contribution >= 4 is 16.8 Å². The van der Waals surface area contributed by atoms with Gasteiger partial charge in [0.1, 0.15) is 5.25 Å². The fraction of sp³-hybridized carbons (Fsp3) is 0.900. The molecule has 1 N–H and O–H groups in total. The SMILES string of the molecule is CCCCC(C(=O)O)S(=O)C(C)(C)C. The van der Waals surface area contributed by atoms with Crippen LogP contribution in [-0.4, -0.2) is 25.3 Å². The molecule has 0 spiro atoms. The van der Waals surface area contributed by atoms with Crippen molar-refractivity contribution in [1.82, 2.24) is 0 Å². The first-order chi connectivity index (χ1) is 6.30. The Morgan fingerprint density at radius 2 is 1.93 bits per heavy atom. The van der Waals surface area contributed by atoms with Gasteiger partial charge in [-0.05, 0) is 27.2 Å². The van der Waals surface area contributed by atoms with E-state index in [1.807, 2.05) is 27.7 Å². The van der Waals surface area contributed by atoms with E-state index in [-0.39, 0.29) is 0 Å². The Bertz CT molecular complexity index is 218. The van der Waals surface area contributed by atoms with Crippen molar-refractivity contribution in [3.63, 3.8) is 0 Å². The molecule has 2 atom stereocenters. The van der Waals surface area contributed by atoms with Crippen molar-refractivity contribution in [1.29, 1.82) is 0 Å². The Labute approximate surface area is 88.4 Å². The zero-order chi connectivity index (χ0) is 11.4. The number of carbonyl (C=O) groups is 1. The lowest BCUT2D eigenvalue weighted by Crippen LogP contribution is -2.36. The summed E-state index contributed by atoms with van der Waals surface area (Å²) >= 11 is 0. The average Bonchev–Trinajstić information content (AvgIpc) is 2.02. The molecule has 0 bridgehead atoms. The second-order valence-electron chi connectivity index (χ2n) is 4.38. The Morgan fingerprint density at radius 3 is 2.21 bits per heavy atom. The molecule has 0 aliphatic heterocycles. The summed E-state index contributed by atoms with van der Waals surface area (Å²) in [6.45, 7) is 7.43. The first kappa shape index (κ1) is 13.6. The van der Waals surface area contributed by atoms with Crippen LogP contribution >= 0.6 is 0 Å². The van der Waals surface area contributed by atoms with Crippen molar-refractivity contribution in [2.24, 2.45) is 0 Å². The molecule has 0 aliphatic rings. The maximum Gasteiger partial charge on any atom is 0.319 e. The van der Waals surface area contributed by atoms with Gasteiger partial charge < -0.3 is 5.11 Å². The van der Waals surface area contributed by atoms with E-state index in [2.05, 4.69) is 0 Å². The summed E-state index contributed by atoms with van der Waals surface area (Å²) in [4.78, 5) is 10.9. The highest BCUT2D eigenvalue weighted by atomic mass is 32.2. The quantitative estimate of drug-likeness (QED) is 0.772. The van der Waals surface area contributed by atoms with Crippen molar-refractivity contribution < 1.29 is 14.1 Å². The van der Waals surface area contributed by atoms with Crippen LogP contribution in [0.1, 0.15) is 47.0 Å². The molecule has 0 saturated carbocycles. The minimum atomic E-state index is -1.31. The summed E-state index contributed by atoms with van der Waals surface area (Å²) in [5.74, 6) is -0.938. The van der Waals surface area contributed by atoms with Gasteiger partial charge >= 0.3 is 5.97 Å². The predicted octanol–water partition coefficient (Wildman–Crippen LogP) is 2.18. The highest BCUT2D eigenvalue weighted by molar-refractivity contribution is 7.87. The molecular formula is C10H20O3S. The molecule has 0 aromatic rings. The summed E-state index contributed by atoms with van der Waals surface area (Å²) in [5, 5.41) is 8.23. The minimum Gasteiger partial charge on any atom is -0.480 e. The van der Waals surface area contributed by atoms with Gasteiger partial charge in [0.15, 0.2) is 0 Å². The smallest absolute Gasteiger partial charge is 0.319 e. The Kier molecular flexibility index (Phi) is 5.34. The van der Waals surface area contributed by atoms with E-state index in [1.165, 1.54) is 0 Å². The Morgan fingerprint density at radius 1 is 1.43 bits per heavy atom. The molecule has 0 aromatic carbocycles. The molecular weight excluding hydrogens is 200 g/mol. The fourth-order valence-electron chi connectivity index (χ4n) is 1.14. The maximum absolute atomic E-state index is 11.8. The van der Waals surface area contributed by atoms with Crippen LogP contribution < -0.4 is 0 Å². The van der Waals surface area contributed by atoms with Crippen LogP contribution in [0.15, 0.2) is 0 Å². The van der Waals surface area contributed by atoms with E-state index in [1.54, 1.807) is 0 Å². The molecule has 4 heteroatoms. The predicted molar refractivity (Wildman–Crippen MR) is 58.8 cm³/mol. The highest BCUT2D eigenvalue weighted by Crippen LogP contribution is 2.19. The highest BCUT2D eigenvalue weighted by Gasteiger charge is 2.32. The van der Waals surface area contributed by atoms with Gasteiger partial charge in [-0.15, -0.1) is 0 Å². The van der Waals surface area contributed by atoms with Crippen LogP contribution in [0.3, 0.4) is 0 Å². The van der Waals surface area contributed by atoms with Gasteiger partial charge in [0, 0.05) is 15.5 Å². The molecule has 0 radical (unpaired) electrons.